The van der Waals surface area contributed by atoms with Crippen LogP contribution in [0.25, 0.3) is 11.1 Å². The fraction of sp³-hybridized carbons (Fsp3) is 0.160. The normalized spacial score (nSPS) is 10.6. The predicted octanol–water partition coefficient (Wildman–Crippen LogP) is 5.58. The standard InChI is InChI=1S/C25H23ClN4O3/c1-3-33-25(31)23-24(30(29-28-23)16-17-4-14-22(32-2)15-5-17)27-21-12-8-19(9-13-21)18-6-10-20(26)11-7-18/h4-15,27H,3,16H2,1-2H3. The minimum absolute atomic E-state index is 0.132. The number of halogens is 1. The predicted molar refractivity (Wildman–Crippen MR) is 128 cm³/mol. The van der Waals surface area contributed by atoms with Crippen LogP contribution in [-0.2, 0) is 11.3 Å². The van der Waals surface area contributed by atoms with Gasteiger partial charge >= 0.3 is 5.97 Å². The van der Waals surface area contributed by atoms with Gasteiger partial charge in [0, 0.05) is 10.7 Å². The molecule has 8 heteroatoms. The molecule has 168 valence electrons. The quantitative estimate of drug-likeness (QED) is 0.344. The van der Waals surface area contributed by atoms with E-state index in [4.69, 9.17) is 21.1 Å². The summed E-state index contributed by atoms with van der Waals surface area (Å²) < 4.78 is 12.0. The lowest BCUT2D eigenvalue weighted by Crippen LogP contribution is -2.11. The first kappa shape index (κ1) is 22.4. The number of carbonyl (C=O) groups is 1. The summed E-state index contributed by atoms with van der Waals surface area (Å²) in [5, 5.41) is 12.2. The SMILES string of the molecule is CCOC(=O)c1nnn(Cc2ccc(OC)cc2)c1Nc1ccc(-c2ccc(Cl)cc2)cc1. The Kier molecular flexibility index (Phi) is 6.90. The molecule has 3 aromatic carbocycles. The van der Waals surface area contributed by atoms with Crippen LogP contribution >= 0.6 is 11.6 Å². The van der Waals surface area contributed by atoms with Gasteiger partial charge in [-0.3, -0.25) is 0 Å². The Morgan fingerprint density at radius 3 is 2.21 bits per heavy atom. The highest BCUT2D eigenvalue weighted by atomic mass is 35.5. The van der Waals surface area contributed by atoms with E-state index in [2.05, 4.69) is 15.6 Å². The van der Waals surface area contributed by atoms with Crippen molar-refractivity contribution in [2.45, 2.75) is 13.5 Å². The van der Waals surface area contributed by atoms with Gasteiger partial charge in [0.1, 0.15) is 5.75 Å². The average Bonchev–Trinajstić information content (AvgIpc) is 3.23. The molecule has 0 atom stereocenters. The number of aromatic nitrogens is 3. The molecule has 0 saturated heterocycles. The van der Waals surface area contributed by atoms with Gasteiger partial charge in [-0.2, -0.15) is 0 Å². The zero-order valence-corrected chi connectivity index (χ0v) is 19.0. The number of hydrogen-bond acceptors (Lipinski definition) is 6. The van der Waals surface area contributed by atoms with Gasteiger partial charge in [0.25, 0.3) is 0 Å². The van der Waals surface area contributed by atoms with Gasteiger partial charge in [0.05, 0.1) is 20.3 Å². The van der Waals surface area contributed by atoms with E-state index in [1.807, 2.05) is 72.8 Å². The third-order valence-electron chi connectivity index (χ3n) is 5.02. The number of rotatable bonds is 8. The summed E-state index contributed by atoms with van der Waals surface area (Å²) in [5.41, 5.74) is 4.01. The summed E-state index contributed by atoms with van der Waals surface area (Å²) in [5.74, 6) is 0.700. The van der Waals surface area contributed by atoms with Gasteiger partial charge in [-0.15, -0.1) is 5.10 Å². The van der Waals surface area contributed by atoms with E-state index < -0.39 is 5.97 Å². The summed E-state index contributed by atoms with van der Waals surface area (Å²) in [7, 11) is 1.62. The van der Waals surface area contributed by atoms with E-state index >= 15 is 0 Å². The van der Waals surface area contributed by atoms with Crippen molar-refractivity contribution in [2.75, 3.05) is 19.0 Å². The van der Waals surface area contributed by atoms with Gasteiger partial charge < -0.3 is 14.8 Å². The number of carbonyl (C=O) groups excluding carboxylic acids is 1. The number of nitrogens with zero attached hydrogens (tertiary/aromatic N) is 3. The molecule has 0 aliphatic rings. The Labute approximate surface area is 196 Å². The maximum atomic E-state index is 12.5. The van der Waals surface area contributed by atoms with Crippen LogP contribution in [0.3, 0.4) is 0 Å². The highest BCUT2D eigenvalue weighted by molar-refractivity contribution is 6.30. The molecule has 0 radical (unpaired) electrons. The molecule has 4 rings (SSSR count). The van der Waals surface area contributed by atoms with E-state index in [-0.39, 0.29) is 12.3 Å². The molecular formula is C25H23ClN4O3. The lowest BCUT2D eigenvalue weighted by atomic mass is 10.1. The molecule has 0 fully saturated rings. The van der Waals surface area contributed by atoms with Crippen molar-refractivity contribution in [1.29, 1.82) is 0 Å². The van der Waals surface area contributed by atoms with Crippen molar-refractivity contribution in [2.24, 2.45) is 0 Å². The minimum atomic E-state index is -0.529. The molecule has 0 saturated carbocycles. The van der Waals surface area contributed by atoms with Crippen LogP contribution in [0.4, 0.5) is 11.5 Å². The number of anilines is 2. The number of esters is 1. The number of benzene rings is 3. The molecule has 1 aromatic heterocycles. The first-order chi connectivity index (χ1) is 16.1. The molecule has 0 spiro atoms. The van der Waals surface area contributed by atoms with Gasteiger partial charge in [-0.25, -0.2) is 9.48 Å². The van der Waals surface area contributed by atoms with Crippen LogP contribution in [0, 0.1) is 0 Å². The summed E-state index contributed by atoms with van der Waals surface area (Å²) >= 11 is 5.99. The molecule has 0 amide bonds. The fourth-order valence-corrected chi connectivity index (χ4v) is 3.44. The van der Waals surface area contributed by atoms with E-state index in [0.29, 0.717) is 17.4 Å². The van der Waals surface area contributed by atoms with E-state index in [0.717, 1.165) is 28.1 Å². The first-order valence-electron chi connectivity index (χ1n) is 10.4. The van der Waals surface area contributed by atoms with Gasteiger partial charge in [-0.1, -0.05) is 53.2 Å². The largest absolute Gasteiger partial charge is 0.497 e. The minimum Gasteiger partial charge on any atom is -0.497 e. The third-order valence-corrected chi connectivity index (χ3v) is 5.27. The van der Waals surface area contributed by atoms with Crippen LogP contribution in [0.15, 0.2) is 72.8 Å². The van der Waals surface area contributed by atoms with Crippen LogP contribution < -0.4 is 10.1 Å². The number of nitrogens with one attached hydrogen (secondary N) is 1. The van der Waals surface area contributed by atoms with Crippen molar-refractivity contribution in [3.63, 3.8) is 0 Å². The van der Waals surface area contributed by atoms with E-state index in [1.165, 1.54) is 0 Å². The molecule has 1 heterocycles. The van der Waals surface area contributed by atoms with Crippen LogP contribution in [0.2, 0.25) is 5.02 Å². The molecule has 33 heavy (non-hydrogen) atoms. The first-order valence-corrected chi connectivity index (χ1v) is 10.8. The van der Waals surface area contributed by atoms with E-state index in [1.54, 1.807) is 18.7 Å². The number of hydrogen-bond donors (Lipinski definition) is 1. The smallest absolute Gasteiger partial charge is 0.362 e. The Morgan fingerprint density at radius 1 is 0.970 bits per heavy atom. The topological polar surface area (TPSA) is 78.3 Å². The summed E-state index contributed by atoms with van der Waals surface area (Å²) in [4.78, 5) is 12.5. The van der Waals surface area contributed by atoms with Crippen molar-refractivity contribution in [3.8, 4) is 16.9 Å². The van der Waals surface area contributed by atoms with E-state index in [9.17, 15) is 4.79 Å². The summed E-state index contributed by atoms with van der Waals surface area (Å²) in [6, 6.07) is 23.1. The summed E-state index contributed by atoms with van der Waals surface area (Å²) in [6.07, 6.45) is 0. The molecule has 7 nitrogen and oxygen atoms in total. The second-order valence-electron chi connectivity index (χ2n) is 7.22. The van der Waals surface area contributed by atoms with Gasteiger partial charge in [0.15, 0.2) is 5.82 Å². The molecular weight excluding hydrogens is 440 g/mol. The maximum absolute atomic E-state index is 12.5. The van der Waals surface area contributed by atoms with Crippen LogP contribution in [-0.4, -0.2) is 34.7 Å². The lowest BCUT2D eigenvalue weighted by molar-refractivity contribution is 0.0520. The van der Waals surface area contributed by atoms with Gasteiger partial charge in [0.2, 0.25) is 5.69 Å². The van der Waals surface area contributed by atoms with Crippen molar-refractivity contribution >= 4 is 29.1 Å². The lowest BCUT2D eigenvalue weighted by Gasteiger charge is -2.12. The zero-order chi connectivity index (χ0) is 23.2. The molecule has 1 N–H and O–H groups in total. The molecule has 4 aromatic rings. The molecule has 0 unspecified atom stereocenters. The molecule has 0 bridgehead atoms. The van der Waals surface area contributed by atoms with Crippen molar-refractivity contribution in [3.05, 3.63) is 89.1 Å². The number of ether oxygens (including phenoxy) is 2. The third kappa shape index (κ3) is 5.32. The Morgan fingerprint density at radius 2 is 1.61 bits per heavy atom. The fourth-order valence-electron chi connectivity index (χ4n) is 3.31. The Balaban J connectivity index is 1.60. The van der Waals surface area contributed by atoms with Crippen LogP contribution in [0.1, 0.15) is 23.0 Å². The average molecular weight is 463 g/mol. The van der Waals surface area contributed by atoms with Crippen LogP contribution in [0.5, 0.6) is 5.75 Å². The number of methoxy groups -OCH3 is 1. The zero-order valence-electron chi connectivity index (χ0n) is 18.3. The van der Waals surface area contributed by atoms with Crippen molar-refractivity contribution in [1.82, 2.24) is 15.0 Å². The molecule has 0 aliphatic carbocycles. The maximum Gasteiger partial charge on any atom is 0.362 e. The van der Waals surface area contributed by atoms with Gasteiger partial charge in [-0.05, 0) is 60.0 Å². The Hall–Kier alpha value is -3.84. The molecule has 0 aliphatic heterocycles. The summed E-state index contributed by atoms with van der Waals surface area (Å²) in [6.45, 7) is 2.42. The second-order valence-corrected chi connectivity index (χ2v) is 7.66. The highest BCUT2D eigenvalue weighted by Gasteiger charge is 2.21. The highest BCUT2D eigenvalue weighted by Crippen LogP contribution is 2.26. The van der Waals surface area contributed by atoms with Crippen molar-refractivity contribution < 1.29 is 14.3 Å². The monoisotopic (exact) mass is 462 g/mol. The second kappa shape index (κ2) is 10.2. The Bertz CT molecular complexity index is 1220.